The van der Waals surface area contributed by atoms with Crippen molar-refractivity contribution >= 4 is 22.8 Å². The lowest BCUT2D eigenvalue weighted by Gasteiger charge is -2.41. The standard InChI is InChI=1S/C19H24N2OS.H2/c1-16(22)19(20-17-6-3-2-4-7-17)10-13-21(14-11-19)12-9-18-8-5-15-23-18;/h2-8,15,20H,9-14H2,1H3;1H. The van der Waals surface area contributed by atoms with Gasteiger partial charge >= 0.3 is 0 Å². The Morgan fingerprint density at radius 3 is 2.57 bits per heavy atom. The second kappa shape index (κ2) is 7.28. The zero-order chi connectivity index (χ0) is 16.1. The third kappa shape index (κ3) is 4.01. The minimum atomic E-state index is -0.402. The number of hydrogen-bond donors (Lipinski definition) is 1. The van der Waals surface area contributed by atoms with Gasteiger partial charge in [0.15, 0.2) is 5.78 Å². The Balaban J connectivity index is 0.00000208. The summed E-state index contributed by atoms with van der Waals surface area (Å²) in [5.74, 6) is 0.249. The molecule has 0 spiro atoms. The Kier molecular flexibility index (Phi) is 5.13. The summed E-state index contributed by atoms with van der Waals surface area (Å²) in [5, 5.41) is 5.64. The minimum Gasteiger partial charge on any atom is -0.373 e. The van der Waals surface area contributed by atoms with Crippen molar-refractivity contribution in [3.63, 3.8) is 0 Å². The summed E-state index contributed by atoms with van der Waals surface area (Å²) in [6.07, 6.45) is 2.86. The topological polar surface area (TPSA) is 32.3 Å². The number of piperidine rings is 1. The summed E-state index contributed by atoms with van der Waals surface area (Å²) in [6.45, 7) is 4.76. The molecule has 1 fully saturated rings. The summed E-state index contributed by atoms with van der Waals surface area (Å²) in [5.41, 5.74) is 0.635. The molecule has 0 radical (unpaired) electrons. The van der Waals surface area contributed by atoms with Gasteiger partial charge in [0.25, 0.3) is 0 Å². The average molecular weight is 330 g/mol. The number of carbonyl (C=O) groups is 1. The average Bonchev–Trinajstić information content (AvgIpc) is 3.08. The first kappa shape index (κ1) is 16.2. The number of Topliss-reactive ketones (excluding diaryl/α,β-unsaturated/α-hetero) is 1. The van der Waals surface area contributed by atoms with Crippen molar-refractivity contribution in [3.8, 4) is 0 Å². The largest absolute Gasteiger partial charge is 0.373 e. The molecule has 2 heterocycles. The molecule has 1 aromatic carbocycles. The monoisotopic (exact) mass is 330 g/mol. The third-order valence-electron chi connectivity index (χ3n) is 4.80. The number of hydrogen-bond acceptors (Lipinski definition) is 4. The van der Waals surface area contributed by atoms with Gasteiger partial charge in [0.05, 0.1) is 5.54 Å². The van der Waals surface area contributed by atoms with Gasteiger partial charge in [0, 0.05) is 31.6 Å². The minimum absolute atomic E-state index is 0. The molecule has 1 aromatic heterocycles. The number of rotatable bonds is 6. The Bertz CT molecular complexity index is 622. The van der Waals surface area contributed by atoms with Crippen molar-refractivity contribution in [3.05, 3.63) is 52.7 Å². The molecular weight excluding hydrogens is 304 g/mol. The van der Waals surface area contributed by atoms with E-state index in [1.165, 1.54) is 4.88 Å². The van der Waals surface area contributed by atoms with Crippen LogP contribution in [0.2, 0.25) is 0 Å². The fourth-order valence-electron chi connectivity index (χ4n) is 3.24. The van der Waals surface area contributed by atoms with Crippen LogP contribution in [0.4, 0.5) is 5.69 Å². The first-order valence-corrected chi connectivity index (χ1v) is 9.15. The Morgan fingerprint density at radius 2 is 1.96 bits per heavy atom. The molecule has 0 amide bonds. The van der Waals surface area contributed by atoms with E-state index in [2.05, 4.69) is 27.7 Å². The van der Waals surface area contributed by atoms with Gasteiger partial charge in [0.1, 0.15) is 0 Å². The second-order valence-electron chi connectivity index (χ2n) is 6.30. The molecule has 0 atom stereocenters. The fraction of sp³-hybridized carbons (Fsp3) is 0.421. The zero-order valence-corrected chi connectivity index (χ0v) is 14.4. The first-order chi connectivity index (χ1) is 11.2. The van der Waals surface area contributed by atoms with Crippen LogP contribution in [-0.4, -0.2) is 35.9 Å². The quantitative estimate of drug-likeness (QED) is 0.866. The number of ketones is 1. The van der Waals surface area contributed by atoms with Crippen LogP contribution in [0.15, 0.2) is 47.8 Å². The van der Waals surface area contributed by atoms with Crippen LogP contribution in [-0.2, 0) is 11.2 Å². The smallest absolute Gasteiger partial charge is 0.155 e. The lowest BCUT2D eigenvalue weighted by molar-refractivity contribution is -0.122. The molecule has 0 saturated carbocycles. The molecule has 3 rings (SSSR count). The summed E-state index contributed by atoms with van der Waals surface area (Å²) in [4.78, 5) is 16.2. The van der Waals surface area contributed by atoms with Gasteiger partial charge in [-0.15, -0.1) is 11.3 Å². The second-order valence-corrected chi connectivity index (χ2v) is 7.33. The van der Waals surface area contributed by atoms with Crippen molar-refractivity contribution in [2.75, 3.05) is 25.0 Å². The number of thiophene rings is 1. The van der Waals surface area contributed by atoms with Crippen molar-refractivity contribution in [1.29, 1.82) is 0 Å². The molecule has 2 aromatic rings. The number of nitrogens with one attached hydrogen (secondary N) is 1. The summed E-state index contributed by atoms with van der Waals surface area (Å²) >= 11 is 1.82. The van der Waals surface area contributed by atoms with Crippen molar-refractivity contribution in [1.82, 2.24) is 4.90 Å². The van der Waals surface area contributed by atoms with Crippen LogP contribution >= 0.6 is 11.3 Å². The predicted molar refractivity (Wildman–Crippen MR) is 99.3 cm³/mol. The number of para-hydroxylation sites is 1. The van der Waals surface area contributed by atoms with Gasteiger partial charge in [0.2, 0.25) is 0 Å². The molecule has 124 valence electrons. The van der Waals surface area contributed by atoms with Gasteiger partial charge in [-0.2, -0.15) is 0 Å². The highest BCUT2D eigenvalue weighted by Gasteiger charge is 2.38. The molecule has 1 saturated heterocycles. The Morgan fingerprint density at radius 1 is 1.22 bits per heavy atom. The van der Waals surface area contributed by atoms with E-state index in [1.54, 1.807) is 6.92 Å². The van der Waals surface area contributed by atoms with Crippen LogP contribution in [0.25, 0.3) is 0 Å². The predicted octanol–water partition coefficient (Wildman–Crippen LogP) is 4.07. The molecule has 1 aliphatic heterocycles. The lowest BCUT2D eigenvalue weighted by atomic mass is 9.83. The highest BCUT2D eigenvalue weighted by Crippen LogP contribution is 2.28. The number of carbonyl (C=O) groups excluding carboxylic acids is 1. The van der Waals surface area contributed by atoms with Gasteiger partial charge in [-0.25, -0.2) is 0 Å². The molecule has 0 unspecified atom stereocenters. The van der Waals surface area contributed by atoms with Gasteiger partial charge in [-0.1, -0.05) is 24.3 Å². The van der Waals surface area contributed by atoms with Crippen LogP contribution in [0.1, 0.15) is 26.1 Å². The third-order valence-corrected chi connectivity index (χ3v) is 5.73. The van der Waals surface area contributed by atoms with Crippen LogP contribution in [0.3, 0.4) is 0 Å². The summed E-state index contributed by atoms with van der Waals surface area (Å²) in [6, 6.07) is 14.4. The molecule has 3 nitrogen and oxygen atoms in total. The van der Waals surface area contributed by atoms with E-state index in [1.807, 2.05) is 41.7 Å². The number of anilines is 1. The van der Waals surface area contributed by atoms with Crippen LogP contribution < -0.4 is 5.32 Å². The zero-order valence-electron chi connectivity index (χ0n) is 13.6. The maximum absolute atomic E-state index is 12.3. The highest BCUT2D eigenvalue weighted by atomic mass is 32.1. The van der Waals surface area contributed by atoms with E-state index in [0.29, 0.717) is 0 Å². The maximum atomic E-state index is 12.3. The molecular formula is C19H26N2OS. The Labute approximate surface area is 143 Å². The number of benzene rings is 1. The van der Waals surface area contributed by atoms with Gasteiger partial charge in [-0.05, 0) is 49.8 Å². The number of likely N-dealkylation sites (tertiary alicyclic amines) is 1. The normalized spacial score (nSPS) is 17.8. The molecule has 1 N–H and O–H groups in total. The van der Waals surface area contributed by atoms with Crippen LogP contribution in [0, 0.1) is 0 Å². The van der Waals surface area contributed by atoms with Crippen molar-refractivity contribution in [2.45, 2.75) is 31.7 Å². The molecule has 23 heavy (non-hydrogen) atoms. The van der Waals surface area contributed by atoms with E-state index in [-0.39, 0.29) is 7.21 Å². The van der Waals surface area contributed by atoms with Gasteiger partial charge < -0.3 is 10.2 Å². The van der Waals surface area contributed by atoms with E-state index in [0.717, 1.165) is 44.6 Å². The molecule has 1 aliphatic rings. The van der Waals surface area contributed by atoms with Crippen molar-refractivity contribution < 1.29 is 6.22 Å². The summed E-state index contributed by atoms with van der Waals surface area (Å²) < 4.78 is 0. The highest BCUT2D eigenvalue weighted by molar-refractivity contribution is 7.09. The molecule has 0 aliphatic carbocycles. The van der Waals surface area contributed by atoms with Crippen LogP contribution in [0.5, 0.6) is 0 Å². The van der Waals surface area contributed by atoms with E-state index in [9.17, 15) is 4.79 Å². The van der Waals surface area contributed by atoms with Gasteiger partial charge in [-0.3, -0.25) is 4.79 Å². The Hall–Kier alpha value is -1.65. The SMILES string of the molecule is CC(=O)C1(Nc2ccccc2)CCN(CCc2cccs2)CC1.[HH]. The molecule has 4 heteroatoms. The van der Waals surface area contributed by atoms with E-state index < -0.39 is 5.54 Å². The van der Waals surface area contributed by atoms with Crippen molar-refractivity contribution in [2.24, 2.45) is 0 Å². The first-order valence-electron chi connectivity index (χ1n) is 8.27. The van der Waals surface area contributed by atoms with E-state index >= 15 is 0 Å². The lowest BCUT2D eigenvalue weighted by Crippen LogP contribution is -2.53. The van der Waals surface area contributed by atoms with E-state index in [4.69, 9.17) is 0 Å². The molecule has 0 bridgehead atoms. The maximum Gasteiger partial charge on any atom is 0.155 e. The fourth-order valence-corrected chi connectivity index (χ4v) is 3.94. The summed E-state index contributed by atoms with van der Waals surface area (Å²) in [7, 11) is 0. The number of nitrogens with zero attached hydrogens (tertiary/aromatic N) is 1.